The van der Waals surface area contributed by atoms with E-state index >= 15 is 0 Å². The highest BCUT2D eigenvalue weighted by atomic mass is 32.2. The van der Waals surface area contributed by atoms with E-state index in [1.807, 2.05) is 18.2 Å². The van der Waals surface area contributed by atoms with Gasteiger partial charge in [0.15, 0.2) is 0 Å². The molecule has 0 spiro atoms. The fourth-order valence-electron chi connectivity index (χ4n) is 3.29. The first-order valence-electron chi connectivity index (χ1n) is 8.88. The van der Waals surface area contributed by atoms with Gasteiger partial charge in [0.25, 0.3) is 5.91 Å². The number of rotatable bonds is 7. The third kappa shape index (κ3) is 4.07. The minimum absolute atomic E-state index is 0.0109. The molecule has 1 saturated carbocycles. The van der Waals surface area contributed by atoms with Crippen molar-refractivity contribution < 1.29 is 13.2 Å². The van der Waals surface area contributed by atoms with Crippen LogP contribution < -0.4 is 10.0 Å². The molecule has 1 amide bonds. The first-order valence-corrected chi connectivity index (χ1v) is 10.5. The van der Waals surface area contributed by atoms with Crippen LogP contribution in [0.25, 0.3) is 0 Å². The highest BCUT2D eigenvalue weighted by molar-refractivity contribution is 7.92. The molecule has 0 aromatic heterocycles. The molecule has 6 heteroatoms. The average Bonchev–Trinajstić information content (AvgIpc) is 2.61. The van der Waals surface area contributed by atoms with E-state index in [2.05, 4.69) is 22.2 Å². The van der Waals surface area contributed by atoms with Crippen LogP contribution in [0.3, 0.4) is 0 Å². The first-order chi connectivity index (χ1) is 12.4. The van der Waals surface area contributed by atoms with Gasteiger partial charge in [-0.25, -0.2) is 8.42 Å². The third-order valence-corrected chi connectivity index (χ3v) is 6.37. The topological polar surface area (TPSA) is 75.3 Å². The summed E-state index contributed by atoms with van der Waals surface area (Å²) in [4.78, 5) is 12.6. The largest absolute Gasteiger partial charge is 0.351 e. The van der Waals surface area contributed by atoms with Crippen molar-refractivity contribution in [1.29, 1.82) is 0 Å². The van der Waals surface area contributed by atoms with Gasteiger partial charge in [0, 0.05) is 23.2 Å². The Bertz CT molecular complexity index is 875. The molecule has 0 atom stereocenters. The van der Waals surface area contributed by atoms with Gasteiger partial charge < -0.3 is 5.32 Å². The van der Waals surface area contributed by atoms with Crippen molar-refractivity contribution in [2.45, 2.75) is 31.6 Å². The zero-order valence-corrected chi connectivity index (χ0v) is 15.7. The Balaban J connectivity index is 1.69. The molecular formula is C20H24N2O3S. The third-order valence-electron chi connectivity index (χ3n) is 5.06. The van der Waals surface area contributed by atoms with Crippen LogP contribution in [0.15, 0.2) is 54.6 Å². The normalized spacial score (nSPS) is 15.7. The zero-order chi connectivity index (χ0) is 18.6. The smallest absolute Gasteiger partial charge is 0.251 e. The van der Waals surface area contributed by atoms with Gasteiger partial charge in [-0.05, 0) is 43.5 Å². The number of nitrogens with one attached hydrogen (secondary N) is 2. The molecule has 5 nitrogen and oxygen atoms in total. The molecule has 1 aliphatic carbocycles. The van der Waals surface area contributed by atoms with E-state index in [1.54, 1.807) is 31.2 Å². The Hall–Kier alpha value is -2.34. The lowest BCUT2D eigenvalue weighted by atomic mass is 9.64. The summed E-state index contributed by atoms with van der Waals surface area (Å²) in [5.41, 5.74) is 2.12. The van der Waals surface area contributed by atoms with Gasteiger partial charge >= 0.3 is 0 Å². The van der Waals surface area contributed by atoms with Gasteiger partial charge in [-0.3, -0.25) is 9.52 Å². The van der Waals surface area contributed by atoms with Crippen LogP contribution in [-0.4, -0.2) is 26.6 Å². The Labute approximate surface area is 154 Å². The predicted molar refractivity (Wildman–Crippen MR) is 104 cm³/mol. The summed E-state index contributed by atoms with van der Waals surface area (Å²) in [5.74, 6) is -0.201. The van der Waals surface area contributed by atoms with E-state index in [0.29, 0.717) is 17.8 Å². The maximum Gasteiger partial charge on any atom is 0.251 e. The molecule has 3 rings (SSSR count). The van der Waals surface area contributed by atoms with Crippen molar-refractivity contribution in [2.75, 3.05) is 17.0 Å². The van der Waals surface area contributed by atoms with Crippen LogP contribution in [0, 0.1) is 0 Å². The van der Waals surface area contributed by atoms with Crippen LogP contribution in [0.1, 0.15) is 42.1 Å². The highest BCUT2D eigenvalue weighted by Gasteiger charge is 2.38. The van der Waals surface area contributed by atoms with E-state index < -0.39 is 10.0 Å². The number of amides is 1. The fourth-order valence-corrected chi connectivity index (χ4v) is 3.92. The summed E-state index contributed by atoms with van der Waals surface area (Å²) in [6.07, 6.45) is 3.29. The molecule has 0 aliphatic heterocycles. The van der Waals surface area contributed by atoms with Crippen molar-refractivity contribution in [2.24, 2.45) is 0 Å². The number of benzene rings is 2. The molecule has 2 aromatic carbocycles. The summed E-state index contributed by atoms with van der Waals surface area (Å²) < 4.78 is 25.9. The van der Waals surface area contributed by atoms with Crippen LogP contribution in [0.4, 0.5) is 5.69 Å². The second kappa shape index (κ2) is 7.50. The van der Waals surface area contributed by atoms with Gasteiger partial charge in [-0.15, -0.1) is 0 Å². The van der Waals surface area contributed by atoms with Gasteiger partial charge in [0.05, 0.1) is 5.75 Å². The van der Waals surface area contributed by atoms with Gasteiger partial charge in [-0.1, -0.05) is 42.8 Å². The summed E-state index contributed by atoms with van der Waals surface area (Å²) in [5, 5.41) is 3.03. The van der Waals surface area contributed by atoms with E-state index in [-0.39, 0.29) is 17.1 Å². The van der Waals surface area contributed by atoms with E-state index in [0.717, 1.165) is 12.8 Å². The number of carbonyl (C=O) groups excluding carboxylic acids is 1. The Kier molecular flexibility index (Phi) is 5.32. The van der Waals surface area contributed by atoms with Gasteiger partial charge in [0.2, 0.25) is 10.0 Å². The predicted octanol–water partition coefficient (Wildman–Crippen LogP) is 3.30. The molecule has 0 radical (unpaired) electrons. The van der Waals surface area contributed by atoms with Crippen LogP contribution in [0.2, 0.25) is 0 Å². The number of hydrogen-bond acceptors (Lipinski definition) is 3. The zero-order valence-electron chi connectivity index (χ0n) is 14.9. The van der Waals surface area contributed by atoms with Crippen LogP contribution >= 0.6 is 0 Å². The van der Waals surface area contributed by atoms with Crippen LogP contribution in [-0.2, 0) is 15.4 Å². The van der Waals surface area contributed by atoms with E-state index in [9.17, 15) is 13.2 Å². The number of hydrogen-bond donors (Lipinski definition) is 2. The molecular weight excluding hydrogens is 348 g/mol. The lowest BCUT2D eigenvalue weighted by molar-refractivity contribution is 0.0928. The van der Waals surface area contributed by atoms with Crippen LogP contribution in [0.5, 0.6) is 0 Å². The second-order valence-electron chi connectivity index (χ2n) is 6.77. The standard InChI is InChI=1S/C20H24N2O3S/c1-2-26(24,25)22-18-11-6-8-16(14-18)19(23)21-15-20(12-7-13-20)17-9-4-3-5-10-17/h3-6,8-11,14,22H,2,7,12-13,15H2,1H3,(H,21,23). The van der Waals surface area contributed by atoms with Crippen molar-refractivity contribution in [1.82, 2.24) is 5.32 Å². The average molecular weight is 372 g/mol. The van der Waals surface area contributed by atoms with Crippen molar-refractivity contribution in [3.63, 3.8) is 0 Å². The molecule has 1 aliphatic rings. The maximum absolute atomic E-state index is 12.6. The van der Waals surface area contributed by atoms with E-state index in [1.165, 1.54) is 12.0 Å². The summed E-state index contributed by atoms with van der Waals surface area (Å²) in [6, 6.07) is 16.9. The Morgan fingerprint density at radius 3 is 2.42 bits per heavy atom. The summed E-state index contributed by atoms with van der Waals surface area (Å²) >= 11 is 0. The Morgan fingerprint density at radius 2 is 1.81 bits per heavy atom. The minimum atomic E-state index is -3.36. The quantitative estimate of drug-likeness (QED) is 0.783. The molecule has 0 unspecified atom stereocenters. The molecule has 0 saturated heterocycles. The van der Waals surface area contributed by atoms with Gasteiger partial charge in [-0.2, -0.15) is 0 Å². The summed E-state index contributed by atoms with van der Waals surface area (Å²) in [7, 11) is -3.36. The molecule has 2 aromatic rings. The van der Waals surface area contributed by atoms with E-state index in [4.69, 9.17) is 0 Å². The second-order valence-corrected chi connectivity index (χ2v) is 8.78. The molecule has 2 N–H and O–H groups in total. The fraction of sp³-hybridized carbons (Fsp3) is 0.350. The highest BCUT2D eigenvalue weighted by Crippen LogP contribution is 2.43. The SMILES string of the molecule is CCS(=O)(=O)Nc1cccc(C(=O)NCC2(c3ccccc3)CCC2)c1. The number of carbonyl (C=O) groups is 1. The molecule has 0 heterocycles. The van der Waals surface area contributed by atoms with Crippen molar-refractivity contribution in [3.05, 3.63) is 65.7 Å². The number of sulfonamides is 1. The first kappa shape index (κ1) is 18.5. The lowest BCUT2D eigenvalue weighted by Gasteiger charge is -2.42. The van der Waals surface area contributed by atoms with Crippen molar-refractivity contribution in [3.8, 4) is 0 Å². The molecule has 1 fully saturated rings. The van der Waals surface area contributed by atoms with Gasteiger partial charge in [0.1, 0.15) is 0 Å². The number of anilines is 1. The Morgan fingerprint density at radius 1 is 1.08 bits per heavy atom. The lowest BCUT2D eigenvalue weighted by Crippen LogP contribution is -2.45. The maximum atomic E-state index is 12.6. The minimum Gasteiger partial charge on any atom is -0.351 e. The molecule has 26 heavy (non-hydrogen) atoms. The molecule has 0 bridgehead atoms. The molecule has 138 valence electrons. The monoisotopic (exact) mass is 372 g/mol. The summed E-state index contributed by atoms with van der Waals surface area (Å²) in [6.45, 7) is 2.15. The van der Waals surface area contributed by atoms with Crippen molar-refractivity contribution >= 4 is 21.6 Å².